The minimum Gasteiger partial charge on any atom is -0.354 e. The first-order chi connectivity index (χ1) is 9.28. The highest BCUT2D eigenvalue weighted by atomic mass is 16.1. The molecule has 0 saturated carbocycles. The number of rotatable bonds is 4. The Morgan fingerprint density at radius 2 is 2.32 bits per heavy atom. The van der Waals surface area contributed by atoms with Crippen LogP contribution in [0.5, 0.6) is 0 Å². The molecule has 5 nitrogen and oxygen atoms in total. The van der Waals surface area contributed by atoms with E-state index in [4.69, 9.17) is 0 Å². The van der Waals surface area contributed by atoms with E-state index < -0.39 is 0 Å². The van der Waals surface area contributed by atoms with Crippen molar-refractivity contribution in [1.29, 1.82) is 0 Å². The molecule has 0 bridgehead atoms. The van der Waals surface area contributed by atoms with Gasteiger partial charge in [-0.15, -0.1) is 0 Å². The number of nitrogens with zero attached hydrogens (tertiary/aromatic N) is 2. The van der Waals surface area contributed by atoms with Gasteiger partial charge in [0.1, 0.15) is 0 Å². The van der Waals surface area contributed by atoms with Crippen molar-refractivity contribution < 1.29 is 4.79 Å². The van der Waals surface area contributed by atoms with E-state index in [1.807, 2.05) is 16.8 Å². The smallest absolute Gasteiger partial charge is 0.221 e. The van der Waals surface area contributed by atoms with E-state index in [-0.39, 0.29) is 11.9 Å². The van der Waals surface area contributed by atoms with E-state index in [2.05, 4.69) is 34.8 Å². The molecular formula is C14H18N4O. The van der Waals surface area contributed by atoms with Crippen molar-refractivity contribution in [3.05, 3.63) is 30.0 Å². The second-order valence-corrected chi connectivity index (χ2v) is 4.87. The van der Waals surface area contributed by atoms with Crippen LogP contribution in [0.2, 0.25) is 0 Å². The van der Waals surface area contributed by atoms with Gasteiger partial charge in [0.15, 0.2) is 0 Å². The second-order valence-electron chi connectivity index (χ2n) is 4.87. The Labute approximate surface area is 112 Å². The van der Waals surface area contributed by atoms with Crippen molar-refractivity contribution >= 4 is 16.8 Å². The number of benzene rings is 1. The van der Waals surface area contributed by atoms with Gasteiger partial charge in [0.2, 0.25) is 5.91 Å². The van der Waals surface area contributed by atoms with Crippen LogP contribution < -0.4 is 10.6 Å². The van der Waals surface area contributed by atoms with Gasteiger partial charge in [0.25, 0.3) is 0 Å². The lowest BCUT2D eigenvalue weighted by molar-refractivity contribution is -0.119. The molecular weight excluding hydrogens is 240 g/mol. The lowest BCUT2D eigenvalue weighted by atomic mass is 10.2. The van der Waals surface area contributed by atoms with Crippen LogP contribution in [0.25, 0.3) is 10.9 Å². The van der Waals surface area contributed by atoms with Gasteiger partial charge in [-0.25, -0.2) is 0 Å². The molecule has 1 amide bonds. The normalized spacial score (nSPS) is 19.0. The van der Waals surface area contributed by atoms with Crippen molar-refractivity contribution in [3.8, 4) is 0 Å². The zero-order valence-corrected chi connectivity index (χ0v) is 11.0. The van der Waals surface area contributed by atoms with E-state index in [0.717, 1.165) is 12.2 Å². The average molecular weight is 258 g/mol. The third-order valence-corrected chi connectivity index (χ3v) is 3.57. The number of carbonyl (C=O) groups excluding carboxylic acids is 1. The molecule has 1 atom stereocenters. The third kappa shape index (κ3) is 2.33. The summed E-state index contributed by atoms with van der Waals surface area (Å²) in [5, 5.41) is 12.1. The van der Waals surface area contributed by atoms with Crippen molar-refractivity contribution in [2.45, 2.75) is 32.5 Å². The summed E-state index contributed by atoms with van der Waals surface area (Å²) < 4.78 is 2.02. The number of nitrogens with one attached hydrogen (secondary N) is 2. The van der Waals surface area contributed by atoms with Crippen LogP contribution in [0.15, 0.2) is 24.3 Å². The summed E-state index contributed by atoms with van der Waals surface area (Å²) in [5.41, 5.74) is 2.22. The van der Waals surface area contributed by atoms with E-state index in [0.29, 0.717) is 19.5 Å². The Morgan fingerprint density at radius 3 is 3.05 bits per heavy atom. The summed E-state index contributed by atoms with van der Waals surface area (Å²) in [6, 6.07) is 8.48. The molecule has 2 N–H and O–H groups in total. The molecule has 1 aliphatic heterocycles. The van der Waals surface area contributed by atoms with E-state index in [1.165, 1.54) is 10.9 Å². The number of hydrogen-bond acceptors (Lipinski definition) is 3. The van der Waals surface area contributed by atoms with Gasteiger partial charge in [-0.05, 0) is 13.0 Å². The first kappa shape index (κ1) is 12.2. The Kier molecular flexibility index (Phi) is 3.21. The molecule has 1 fully saturated rings. The first-order valence-electron chi connectivity index (χ1n) is 6.72. The van der Waals surface area contributed by atoms with Crippen LogP contribution >= 0.6 is 0 Å². The van der Waals surface area contributed by atoms with Crippen molar-refractivity contribution in [2.75, 3.05) is 6.54 Å². The first-order valence-corrected chi connectivity index (χ1v) is 6.72. The van der Waals surface area contributed by atoms with Crippen molar-refractivity contribution in [2.24, 2.45) is 0 Å². The molecule has 1 aromatic carbocycles. The predicted octanol–water partition coefficient (Wildman–Crippen LogP) is 1.03. The predicted molar refractivity (Wildman–Crippen MR) is 73.7 cm³/mol. The molecule has 2 heterocycles. The minimum atomic E-state index is 0.126. The SMILES string of the molecule is CCn1nc(CNC2CNC(=O)C2)c2ccccc21. The molecule has 100 valence electrons. The van der Waals surface area contributed by atoms with E-state index >= 15 is 0 Å². The quantitative estimate of drug-likeness (QED) is 0.861. The molecule has 3 rings (SSSR count). The standard InChI is InChI=1S/C14H18N4O/c1-2-18-13-6-4-3-5-11(13)12(17-18)9-15-10-7-14(19)16-8-10/h3-6,10,15H,2,7-9H2,1H3,(H,16,19). The van der Waals surface area contributed by atoms with Crippen molar-refractivity contribution in [3.63, 3.8) is 0 Å². The average Bonchev–Trinajstić information content (AvgIpc) is 3.00. The molecule has 0 aliphatic carbocycles. The minimum absolute atomic E-state index is 0.126. The summed E-state index contributed by atoms with van der Waals surface area (Å²) in [4.78, 5) is 11.2. The molecule has 1 saturated heterocycles. The fourth-order valence-corrected chi connectivity index (χ4v) is 2.56. The number of para-hydroxylation sites is 1. The lowest BCUT2D eigenvalue weighted by Crippen LogP contribution is -2.30. The number of aryl methyl sites for hydroxylation is 1. The molecule has 0 spiro atoms. The number of hydrogen-bond donors (Lipinski definition) is 2. The van der Waals surface area contributed by atoms with Crippen molar-refractivity contribution in [1.82, 2.24) is 20.4 Å². The number of aromatic nitrogens is 2. The largest absolute Gasteiger partial charge is 0.354 e. The molecule has 1 aliphatic rings. The zero-order valence-electron chi connectivity index (χ0n) is 11.0. The van der Waals surface area contributed by atoms with Gasteiger partial charge in [0, 0.05) is 37.5 Å². The summed E-state index contributed by atoms with van der Waals surface area (Å²) in [6.07, 6.45) is 0.562. The van der Waals surface area contributed by atoms with E-state index in [1.54, 1.807) is 0 Å². The Balaban J connectivity index is 1.79. The molecule has 19 heavy (non-hydrogen) atoms. The Morgan fingerprint density at radius 1 is 1.47 bits per heavy atom. The van der Waals surface area contributed by atoms with Crippen LogP contribution in [0.3, 0.4) is 0 Å². The zero-order chi connectivity index (χ0) is 13.2. The fraction of sp³-hybridized carbons (Fsp3) is 0.429. The Bertz CT molecular complexity index is 605. The summed E-state index contributed by atoms with van der Waals surface area (Å²) >= 11 is 0. The van der Waals surface area contributed by atoms with Gasteiger partial charge in [0.05, 0.1) is 11.2 Å². The van der Waals surface area contributed by atoms with Crippen LogP contribution in [-0.2, 0) is 17.9 Å². The highest BCUT2D eigenvalue weighted by Gasteiger charge is 2.21. The van der Waals surface area contributed by atoms with Gasteiger partial charge in [-0.1, -0.05) is 18.2 Å². The maximum Gasteiger partial charge on any atom is 0.221 e. The number of carbonyl (C=O) groups is 1. The highest BCUT2D eigenvalue weighted by molar-refractivity contribution is 5.82. The lowest BCUT2D eigenvalue weighted by Gasteiger charge is -2.08. The van der Waals surface area contributed by atoms with Crippen LogP contribution in [0.1, 0.15) is 19.0 Å². The van der Waals surface area contributed by atoms with Gasteiger partial charge < -0.3 is 10.6 Å². The number of fused-ring (bicyclic) bond motifs is 1. The van der Waals surface area contributed by atoms with E-state index in [9.17, 15) is 4.79 Å². The second kappa shape index (κ2) is 5.01. The topological polar surface area (TPSA) is 59.0 Å². The highest BCUT2D eigenvalue weighted by Crippen LogP contribution is 2.18. The maximum absolute atomic E-state index is 11.2. The summed E-state index contributed by atoms with van der Waals surface area (Å²) in [5.74, 6) is 0.126. The van der Waals surface area contributed by atoms with Gasteiger partial charge >= 0.3 is 0 Å². The van der Waals surface area contributed by atoms with Crippen LogP contribution in [0, 0.1) is 0 Å². The molecule has 1 aromatic heterocycles. The Hall–Kier alpha value is -1.88. The van der Waals surface area contributed by atoms with Crippen LogP contribution in [0.4, 0.5) is 0 Å². The van der Waals surface area contributed by atoms with Crippen LogP contribution in [-0.4, -0.2) is 28.3 Å². The summed E-state index contributed by atoms with van der Waals surface area (Å²) in [6.45, 7) is 4.37. The molecule has 5 heteroatoms. The molecule has 2 aromatic rings. The molecule has 1 unspecified atom stereocenters. The van der Waals surface area contributed by atoms with Gasteiger partial charge in [-0.2, -0.15) is 5.10 Å². The summed E-state index contributed by atoms with van der Waals surface area (Å²) in [7, 11) is 0. The number of amides is 1. The fourth-order valence-electron chi connectivity index (χ4n) is 2.56. The third-order valence-electron chi connectivity index (χ3n) is 3.57. The maximum atomic E-state index is 11.2. The van der Waals surface area contributed by atoms with Gasteiger partial charge in [-0.3, -0.25) is 9.48 Å². The molecule has 0 radical (unpaired) electrons. The monoisotopic (exact) mass is 258 g/mol.